The number of carbonyl (C=O) groups excluding carboxylic acids is 1. The number of furan rings is 1. The van der Waals surface area contributed by atoms with Gasteiger partial charge in [0.2, 0.25) is 5.91 Å². The Balaban J connectivity index is 1.33. The molecule has 4 rings (SSSR count). The van der Waals surface area contributed by atoms with Crippen molar-refractivity contribution in [1.82, 2.24) is 15.2 Å². The Labute approximate surface area is 144 Å². The molecule has 128 valence electrons. The summed E-state index contributed by atoms with van der Waals surface area (Å²) in [7, 11) is 0. The molecule has 0 spiro atoms. The van der Waals surface area contributed by atoms with Crippen LogP contribution in [0.5, 0.6) is 0 Å². The average Bonchev–Trinajstić information content (AvgIpc) is 3.30. The first-order chi connectivity index (χ1) is 11.7. The molecule has 2 aliphatic heterocycles. The molecule has 2 aliphatic rings. The first kappa shape index (κ1) is 15.8. The van der Waals surface area contributed by atoms with Crippen molar-refractivity contribution >= 4 is 17.2 Å². The zero-order valence-electron chi connectivity index (χ0n) is 13.6. The third kappa shape index (κ3) is 3.24. The van der Waals surface area contributed by atoms with E-state index in [1.54, 1.807) is 17.6 Å². The fourth-order valence-electron chi connectivity index (χ4n) is 3.58. The molecule has 6 nitrogen and oxygen atoms in total. The minimum absolute atomic E-state index is 0.0610. The van der Waals surface area contributed by atoms with E-state index in [9.17, 15) is 4.79 Å². The van der Waals surface area contributed by atoms with E-state index in [4.69, 9.17) is 9.15 Å². The van der Waals surface area contributed by atoms with Crippen LogP contribution < -0.4 is 5.32 Å². The Morgan fingerprint density at radius 3 is 3.17 bits per heavy atom. The van der Waals surface area contributed by atoms with Crippen LogP contribution in [0.3, 0.4) is 0 Å². The Morgan fingerprint density at radius 1 is 1.50 bits per heavy atom. The number of aromatic nitrogens is 1. The van der Waals surface area contributed by atoms with Gasteiger partial charge in [0.25, 0.3) is 0 Å². The monoisotopic (exact) mass is 347 g/mol. The van der Waals surface area contributed by atoms with Crippen LogP contribution in [-0.2, 0) is 22.6 Å². The summed E-state index contributed by atoms with van der Waals surface area (Å²) in [6.07, 6.45) is 1.77. The number of rotatable bonds is 5. The summed E-state index contributed by atoms with van der Waals surface area (Å²) in [4.78, 5) is 19.4. The van der Waals surface area contributed by atoms with Gasteiger partial charge >= 0.3 is 0 Å². The summed E-state index contributed by atoms with van der Waals surface area (Å²) in [5.74, 6) is 1.02. The quantitative estimate of drug-likeness (QED) is 0.893. The number of thiazole rings is 1. The van der Waals surface area contributed by atoms with Gasteiger partial charge in [-0.2, -0.15) is 0 Å². The number of likely N-dealkylation sites (tertiary alicyclic amines) is 1. The number of hydrogen-bond donors (Lipinski definition) is 1. The maximum absolute atomic E-state index is 12.5. The summed E-state index contributed by atoms with van der Waals surface area (Å²) in [5.41, 5.74) is 1.07. The maximum atomic E-state index is 12.5. The van der Waals surface area contributed by atoms with Crippen LogP contribution in [0.4, 0.5) is 0 Å². The van der Waals surface area contributed by atoms with Crippen LogP contribution in [0.25, 0.3) is 0 Å². The molecule has 3 atom stereocenters. The zero-order chi connectivity index (χ0) is 16.5. The predicted octanol–water partition coefficient (Wildman–Crippen LogP) is 1.81. The number of carbonyl (C=O) groups is 1. The molecular weight excluding hydrogens is 326 g/mol. The van der Waals surface area contributed by atoms with Gasteiger partial charge in [0.05, 0.1) is 38.0 Å². The lowest BCUT2D eigenvalue weighted by Gasteiger charge is -2.18. The summed E-state index contributed by atoms with van der Waals surface area (Å²) in [6, 6.07) is 3.69. The largest absolute Gasteiger partial charge is 0.467 e. The van der Waals surface area contributed by atoms with Crippen molar-refractivity contribution in [2.45, 2.75) is 26.1 Å². The average molecular weight is 347 g/mol. The molecular formula is C17H21N3O3S. The van der Waals surface area contributed by atoms with Crippen molar-refractivity contribution < 1.29 is 13.9 Å². The van der Waals surface area contributed by atoms with E-state index in [1.807, 2.05) is 19.1 Å². The molecule has 0 unspecified atom stereocenters. The second-order valence-electron chi connectivity index (χ2n) is 6.52. The molecule has 0 aromatic carbocycles. The molecule has 0 radical (unpaired) electrons. The van der Waals surface area contributed by atoms with Crippen molar-refractivity contribution in [1.29, 1.82) is 0 Å². The first-order valence-corrected chi connectivity index (χ1v) is 9.12. The highest BCUT2D eigenvalue weighted by Gasteiger charge is 2.46. The van der Waals surface area contributed by atoms with E-state index < -0.39 is 0 Å². The molecule has 7 heteroatoms. The number of nitrogens with one attached hydrogen (secondary N) is 1. The maximum Gasteiger partial charge on any atom is 0.226 e. The molecule has 2 aromatic heterocycles. The lowest BCUT2D eigenvalue weighted by atomic mass is 9.92. The van der Waals surface area contributed by atoms with E-state index in [-0.39, 0.29) is 23.8 Å². The number of hydrogen-bond acceptors (Lipinski definition) is 6. The summed E-state index contributed by atoms with van der Waals surface area (Å²) in [5, 5.41) is 6.17. The molecule has 0 bridgehead atoms. The molecule has 0 saturated carbocycles. The molecule has 2 saturated heterocycles. The zero-order valence-corrected chi connectivity index (χ0v) is 14.4. The number of amides is 1. The van der Waals surface area contributed by atoms with Crippen LogP contribution in [0.1, 0.15) is 16.5 Å². The Bertz CT molecular complexity index is 700. The van der Waals surface area contributed by atoms with Crippen LogP contribution >= 0.6 is 11.3 Å². The van der Waals surface area contributed by atoms with Gasteiger partial charge in [-0.15, -0.1) is 11.3 Å². The third-order valence-corrected chi connectivity index (χ3v) is 5.72. The molecule has 0 aliphatic carbocycles. The van der Waals surface area contributed by atoms with Crippen molar-refractivity contribution in [3.05, 3.63) is 40.2 Å². The summed E-state index contributed by atoms with van der Waals surface area (Å²) >= 11 is 1.69. The highest BCUT2D eigenvalue weighted by atomic mass is 32.1. The predicted molar refractivity (Wildman–Crippen MR) is 89.4 cm³/mol. The normalized spacial score (nSPS) is 26.6. The van der Waals surface area contributed by atoms with Crippen molar-refractivity contribution in [2.75, 3.05) is 19.7 Å². The topological polar surface area (TPSA) is 67.6 Å². The van der Waals surface area contributed by atoms with Crippen LogP contribution in [0.2, 0.25) is 0 Å². The van der Waals surface area contributed by atoms with Crippen LogP contribution in [0.15, 0.2) is 28.2 Å². The van der Waals surface area contributed by atoms with Crippen LogP contribution in [0, 0.1) is 18.8 Å². The Morgan fingerprint density at radius 2 is 2.42 bits per heavy atom. The molecule has 1 amide bonds. The van der Waals surface area contributed by atoms with E-state index in [0.29, 0.717) is 13.2 Å². The molecule has 1 N–H and O–H groups in total. The number of ether oxygens (including phenoxy) is 1. The Kier molecular flexibility index (Phi) is 4.39. The van der Waals surface area contributed by atoms with E-state index >= 15 is 0 Å². The van der Waals surface area contributed by atoms with Gasteiger partial charge < -0.3 is 14.5 Å². The third-order valence-electron chi connectivity index (χ3n) is 4.77. The second-order valence-corrected chi connectivity index (χ2v) is 7.46. The fourth-order valence-corrected chi connectivity index (χ4v) is 4.39. The van der Waals surface area contributed by atoms with Crippen molar-refractivity contribution in [2.24, 2.45) is 11.8 Å². The first-order valence-electron chi connectivity index (χ1n) is 8.24. The minimum Gasteiger partial charge on any atom is -0.467 e. The lowest BCUT2D eigenvalue weighted by molar-refractivity contribution is -0.126. The molecule has 2 aromatic rings. The van der Waals surface area contributed by atoms with Gasteiger partial charge in [-0.05, 0) is 19.1 Å². The summed E-state index contributed by atoms with van der Waals surface area (Å²) < 4.78 is 11.1. The van der Waals surface area contributed by atoms with E-state index in [1.165, 1.54) is 0 Å². The molecule has 2 fully saturated rings. The van der Waals surface area contributed by atoms with E-state index in [0.717, 1.165) is 36.1 Å². The van der Waals surface area contributed by atoms with Crippen molar-refractivity contribution in [3.8, 4) is 0 Å². The number of aryl methyl sites for hydroxylation is 1. The standard InChI is InChI=1S/C17H21N3O3S/c1-11-10-24-16(19-11)8-20-6-13-14(9-23-15(13)7-20)17(21)18-5-12-3-2-4-22-12/h2-4,10,13-15H,5-9H2,1H3,(H,18,21)/t13-,14+,15-/m0/s1. The SMILES string of the molecule is Cc1csc(CN2C[C@@H]3[C@H](C2)OC[C@H]3C(=O)NCc2ccco2)n1. The molecule has 24 heavy (non-hydrogen) atoms. The number of nitrogens with zero attached hydrogens (tertiary/aromatic N) is 2. The molecule has 4 heterocycles. The van der Waals surface area contributed by atoms with E-state index in [2.05, 4.69) is 20.6 Å². The highest BCUT2D eigenvalue weighted by molar-refractivity contribution is 7.09. The van der Waals surface area contributed by atoms with Crippen molar-refractivity contribution in [3.63, 3.8) is 0 Å². The van der Waals surface area contributed by atoms with Gasteiger partial charge in [0.15, 0.2) is 0 Å². The second kappa shape index (κ2) is 6.66. The van der Waals surface area contributed by atoms with Gasteiger partial charge in [-0.1, -0.05) is 0 Å². The van der Waals surface area contributed by atoms with Gasteiger partial charge in [0.1, 0.15) is 10.8 Å². The highest BCUT2D eigenvalue weighted by Crippen LogP contribution is 2.34. The lowest BCUT2D eigenvalue weighted by Crippen LogP contribution is -2.36. The number of fused-ring (bicyclic) bond motifs is 1. The van der Waals surface area contributed by atoms with Crippen LogP contribution in [-0.4, -0.2) is 41.6 Å². The summed E-state index contributed by atoms with van der Waals surface area (Å²) in [6.45, 7) is 5.58. The van der Waals surface area contributed by atoms with Gasteiger partial charge in [-0.3, -0.25) is 9.69 Å². The fraction of sp³-hybridized carbons (Fsp3) is 0.529. The minimum atomic E-state index is -0.0759. The Hall–Kier alpha value is -1.70. The van der Waals surface area contributed by atoms with Gasteiger partial charge in [0, 0.05) is 30.1 Å². The smallest absolute Gasteiger partial charge is 0.226 e. The van der Waals surface area contributed by atoms with Gasteiger partial charge in [-0.25, -0.2) is 4.98 Å².